The average molecular weight is 285 g/mol. The first-order chi connectivity index (χ1) is 9.15. The van der Waals surface area contributed by atoms with Crippen molar-refractivity contribution in [3.05, 3.63) is 11.2 Å². The molecular formula is C13H21ClN4O. The largest absolute Gasteiger partial charge is 0.393 e. The van der Waals surface area contributed by atoms with E-state index in [2.05, 4.69) is 15.3 Å². The molecule has 2 unspecified atom stereocenters. The van der Waals surface area contributed by atoms with Crippen LogP contribution in [0.15, 0.2) is 6.07 Å². The van der Waals surface area contributed by atoms with Crippen LogP contribution < -0.4 is 11.1 Å². The Labute approximate surface area is 118 Å². The Balaban J connectivity index is 1.71. The SMILES string of the molecule is Nc1nc(Cl)cc(NCCCC2CCCCC2O)n1. The summed E-state index contributed by atoms with van der Waals surface area (Å²) in [5, 5.41) is 13.4. The van der Waals surface area contributed by atoms with E-state index in [1.807, 2.05) is 0 Å². The molecule has 0 amide bonds. The highest BCUT2D eigenvalue weighted by Gasteiger charge is 2.22. The fourth-order valence-electron chi connectivity index (χ4n) is 2.63. The number of rotatable bonds is 5. The van der Waals surface area contributed by atoms with E-state index >= 15 is 0 Å². The van der Waals surface area contributed by atoms with Crippen molar-refractivity contribution in [2.45, 2.75) is 44.6 Å². The molecule has 1 saturated carbocycles. The summed E-state index contributed by atoms with van der Waals surface area (Å²) in [7, 11) is 0. The Morgan fingerprint density at radius 1 is 1.37 bits per heavy atom. The van der Waals surface area contributed by atoms with Gasteiger partial charge < -0.3 is 16.2 Å². The van der Waals surface area contributed by atoms with Crippen molar-refractivity contribution in [1.29, 1.82) is 0 Å². The lowest BCUT2D eigenvalue weighted by molar-refractivity contribution is 0.0648. The summed E-state index contributed by atoms with van der Waals surface area (Å²) >= 11 is 5.80. The van der Waals surface area contributed by atoms with Crippen molar-refractivity contribution in [2.75, 3.05) is 17.6 Å². The second-order valence-corrected chi connectivity index (χ2v) is 5.50. The molecule has 106 valence electrons. The summed E-state index contributed by atoms with van der Waals surface area (Å²) in [4.78, 5) is 7.86. The third-order valence-corrected chi connectivity index (χ3v) is 3.83. The van der Waals surface area contributed by atoms with Crippen molar-refractivity contribution >= 4 is 23.4 Å². The van der Waals surface area contributed by atoms with Crippen LogP contribution in [0.25, 0.3) is 0 Å². The number of nitrogen functional groups attached to an aromatic ring is 1. The molecule has 1 aliphatic carbocycles. The predicted molar refractivity (Wildman–Crippen MR) is 77.1 cm³/mol. The molecule has 1 aromatic heterocycles. The Morgan fingerprint density at radius 3 is 2.89 bits per heavy atom. The van der Waals surface area contributed by atoms with Crippen LogP contribution in [-0.2, 0) is 0 Å². The second-order valence-electron chi connectivity index (χ2n) is 5.11. The number of aliphatic hydroxyl groups excluding tert-OH is 1. The van der Waals surface area contributed by atoms with Crippen LogP contribution in [0.5, 0.6) is 0 Å². The van der Waals surface area contributed by atoms with Gasteiger partial charge in [0.05, 0.1) is 6.10 Å². The zero-order valence-corrected chi connectivity index (χ0v) is 11.7. The zero-order valence-electron chi connectivity index (χ0n) is 11.0. The lowest BCUT2D eigenvalue weighted by Gasteiger charge is -2.27. The molecular weight excluding hydrogens is 264 g/mol. The molecule has 0 saturated heterocycles. The van der Waals surface area contributed by atoms with Crippen LogP contribution in [0.2, 0.25) is 5.15 Å². The predicted octanol–water partition coefficient (Wildman–Crippen LogP) is 2.46. The molecule has 1 fully saturated rings. The fourth-order valence-corrected chi connectivity index (χ4v) is 2.82. The fraction of sp³-hybridized carbons (Fsp3) is 0.692. The highest BCUT2D eigenvalue weighted by atomic mass is 35.5. The molecule has 0 bridgehead atoms. The number of nitrogens with one attached hydrogen (secondary N) is 1. The average Bonchev–Trinajstić information content (AvgIpc) is 2.35. The van der Waals surface area contributed by atoms with E-state index in [1.54, 1.807) is 6.07 Å². The van der Waals surface area contributed by atoms with Crippen molar-refractivity contribution in [2.24, 2.45) is 5.92 Å². The van der Waals surface area contributed by atoms with Gasteiger partial charge in [-0.2, -0.15) is 4.98 Å². The van der Waals surface area contributed by atoms with Crippen LogP contribution in [0.1, 0.15) is 38.5 Å². The van der Waals surface area contributed by atoms with Gasteiger partial charge >= 0.3 is 0 Å². The number of halogens is 1. The van der Waals surface area contributed by atoms with Gasteiger partial charge in [-0.05, 0) is 31.6 Å². The Bertz CT molecular complexity index is 395. The first-order valence-electron chi connectivity index (χ1n) is 6.87. The topological polar surface area (TPSA) is 84.1 Å². The van der Waals surface area contributed by atoms with Gasteiger partial charge in [0, 0.05) is 12.6 Å². The smallest absolute Gasteiger partial charge is 0.223 e. The first kappa shape index (κ1) is 14.3. The van der Waals surface area contributed by atoms with Gasteiger partial charge in [0.25, 0.3) is 0 Å². The minimum Gasteiger partial charge on any atom is -0.393 e. The van der Waals surface area contributed by atoms with Crippen LogP contribution in [-0.4, -0.2) is 27.7 Å². The molecule has 2 atom stereocenters. The molecule has 5 nitrogen and oxygen atoms in total. The van der Waals surface area contributed by atoms with Crippen molar-refractivity contribution in [1.82, 2.24) is 9.97 Å². The standard InChI is InChI=1S/C13H21ClN4O/c14-11-8-12(18-13(15)17-11)16-7-3-5-9-4-1-2-6-10(9)19/h8-10,19H,1-7H2,(H3,15,16,17,18). The number of nitrogens with two attached hydrogens (primary N) is 1. The van der Waals surface area contributed by atoms with Gasteiger partial charge in [-0.25, -0.2) is 4.98 Å². The molecule has 0 aliphatic heterocycles. The second kappa shape index (κ2) is 6.91. The normalized spacial score (nSPS) is 23.3. The number of aliphatic hydroxyl groups is 1. The minimum atomic E-state index is -0.113. The monoisotopic (exact) mass is 284 g/mol. The van der Waals surface area contributed by atoms with E-state index in [4.69, 9.17) is 17.3 Å². The summed E-state index contributed by atoms with van der Waals surface area (Å²) < 4.78 is 0. The van der Waals surface area contributed by atoms with E-state index in [0.717, 1.165) is 38.6 Å². The molecule has 4 N–H and O–H groups in total. The number of hydrogen-bond acceptors (Lipinski definition) is 5. The number of aromatic nitrogens is 2. The molecule has 6 heteroatoms. The van der Waals surface area contributed by atoms with Crippen molar-refractivity contribution in [3.63, 3.8) is 0 Å². The third-order valence-electron chi connectivity index (χ3n) is 3.64. The molecule has 2 rings (SSSR count). The summed E-state index contributed by atoms with van der Waals surface area (Å²) in [6.07, 6.45) is 6.44. The van der Waals surface area contributed by atoms with Gasteiger partial charge in [-0.1, -0.05) is 24.4 Å². The summed E-state index contributed by atoms with van der Waals surface area (Å²) in [6, 6.07) is 1.66. The van der Waals surface area contributed by atoms with Crippen molar-refractivity contribution in [3.8, 4) is 0 Å². The van der Waals surface area contributed by atoms with Gasteiger partial charge in [0.2, 0.25) is 5.95 Å². The number of anilines is 2. The van der Waals surface area contributed by atoms with E-state index < -0.39 is 0 Å². The summed E-state index contributed by atoms with van der Waals surface area (Å²) in [5.41, 5.74) is 5.52. The van der Waals surface area contributed by atoms with E-state index in [0.29, 0.717) is 16.9 Å². The number of hydrogen-bond donors (Lipinski definition) is 3. The van der Waals surface area contributed by atoms with Gasteiger partial charge in [0.15, 0.2) is 0 Å². The lowest BCUT2D eigenvalue weighted by Crippen LogP contribution is -2.24. The molecule has 19 heavy (non-hydrogen) atoms. The van der Waals surface area contributed by atoms with Crippen LogP contribution in [0, 0.1) is 5.92 Å². The molecule has 1 heterocycles. The van der Waals surface area contributed by atoms with E-state index in [1.165, 1.54) is 6.42 Å². The highest BCUT2D eigenvalue weighted by Crippen LogP contribution is 2.27. The quantitative estimate of drug-likeness (QED) is 0.571. The summed E-state index contributed by atoms with van der Waals surface area (Å²) in [5.74, 6) is 1.29. The van der Waals surface area contributed by atoms with E-state index in [-0.39, 0.29) is 12.1 Å². The van der Waals surface area contributed by atoms with Crippen LogP contribution in [0.4, 0.5) is 11.8 Å². The maximum absolute atomic E-state index is 9.88. The van der Waals surface area contributed by atoms with Gasteiger partial charge in [-0.15, -0.1) is 0 Å². The Hall–Kier alpha value is -1.07. The van der Waals surface area contributed by atoms with Crippen molar-refractivity contribution < 1.29 is 5.11 Å². The molecule has 1 aliphatic rings. The van der Waals surface area contributed by atoms with Gasteiger partial charge in [-0.3, -0.25) is 0 Å². The van der Waals surface area contributed by atoms with Crippen LogP contribution in [0.3, 0.4) is 0 Å². The number of nitrogens with zero attached hydrogens (tertiary/aromatic N) is 2. The Kier molecular flexibility index (Phi) is 5.22. The maximum Gasteiger partial charge on any atom is 0.223 e. The summed E-state index contributed by atoms with van der Waals surface area (Å²) in [6.45, 7) is 0.802. The van der Waals surface area contributed by atoms with Gasteiger partial charge in [0.1, 0.15) is 11.0 Å². The Morgan fingerprint density at radius 2 is 2.16 bits per heavy atom. The molecule has 0 spiro atoms. The molecule has 0 aromatic carbocycles. The molecule has 0 radical (unpaired) electrons. The minimum absolute atomic E-state index is 0.113. The maximum atomic E-state index is 9.88. The molecule has 1 aromatic rings. The zero-order chi connectivity index (χ0) is 13.7. The lowest BCUT2D eigenvalue weighted by atomic mass is 9.83. The highest BCUT2D eigenvalue weighted by molar-refractivity contribution is 6.29. The van der Waals surface area contributed by atoms with Crippen LogP contribution >= 0.6 is 11.6 Å². The van der Waals surface area contributed by atoms with E-state index in [9.17, 15) is 5.11 Å². The first-order valence-corrected chi connectivity index (χ1v) is 7.25. The third kappa shape index (κ3) is 4.51.